The second-order valence-electron chi connectivity index (χ2n) is 11.4. The van der Waals surface area contributed by atoms with Crippen molar-refractivity contribution in [2.45, 2.75) is 9.49 Å². The molecule has 2 unspecified atom stereocenters. The zero-order valence-electron chi connectivity index (χ0n) is 25.0. The molecule has 2 aliphatic heterocycles. The van der Waals surface area contributed by atoms with Crippen LogP contribution in [0.15, 0.2) is 156 Å². The van der Waals surface area contributed by atoms with Gasteiger partial charge in [0.05, 0.1) is 15.9 Å². The number of hydrogen-bond acceptors (Lipinski definition) is 5. The van der Waals surface area contributed by atoms with E-state index in [1.54, 1.807) is 34.9 Å². The molecule has 0 spiro atoms. The van der Waals surface area contributed by atoms with Crippen molar-refractivity contribution < 1.29 is 0 Å². The smallest absolute Gasteiger partial charge is 0.158 e. The van der Waals surface area contributed by atoms with Crippen molar-refractivity contribution in [1.29, 1.82) is 0 Å². The lowest BCUT2D eigenvalue weighted by Crippen LogP contribution is -2.54. The molecular weight excluding hydrogens is 629 g/mol. The number of hydrogen-bond donors (Lipinski definition) is 0. The van der Waals surface area contributed by atoms with Gasteiger partial charge in [0.2, 0.25) is 0 Å². The summed E-state index contributed by atoms with van der Waals surface area (Å²) in [5.74, 6) is 14.9. The summed E-state index contributed by atoms with van der Waals surface area (Å²) in [7, 11) is 0. The average Bonchev–Trinajstić information content (AvgIpc) is 3.84. The van der Waals surface area contributed by atoms with Crippen LogP contribution >= 0.6 is 34.9 Å². The number of rotatable bonds is 2. The van der Waals surface area contributed by atoms with Crippen LogP contribution in [-0.2, 0) is 0 Å². The molecule has 0 N–H and O–H groups in total. The van der Waals surface area contributed by atoms with Gasteiger partial charge in [0.25, 0.3) is 0 Å². The van der Waals surface area contributed by atoms with Crippen molar-refractivity contribution in [2.24, 2.45) is 9.98 Å². The molecule has 220 valence electrons. The van der Waals surface area contributed by atoms with E-state index in [1.165, 1.54) is 10.1 Å². The molecule has 0 amide bonds. The van der Waals surface area contributed by atoms with Crippen molar-refractivity contribution >= 4 is 66.4 Å². The van der Waals surface area contributed by atoms with Crippen LogP contribution in [0.1, 0.15) is 22.3 Å². The normalized spacial score (nSPS) is 20.6. The van der Waals surface area contributed by atoms with Gasteiger partial charge in [0, 0.05) is 37.6 Å². The van der Waals surface area contributed by atoms with Crippen LogP contribution < -0.4 is 9.75 Å². The molecule has 6 aromatic rings. The monoisotopic (exact) mass is 652 g/mol. The molecule has 1 aromatic heterocycles. The molecule has 2 atom stereocenters. The first kappa shape index (κ1) is 28.2. The van der Waals surface area contributed by atoms with Crippen LogP contribution in [0.4, 0.5) is 0 Å². The second-order valence-corrected chi connectivity index (χ2v) is 14.8. The third-order valence-electron chi connectivity index (χ3n) is 8.49. The van der Waals surface area contributed by atoms with Crippen molar-refractivity contribution in [3.8, 4) is 23.7 Å². The highest BCUT2D eigenvalue weighted by Gasteiger charge is 2.65. The van der Waals surface area contributed by atoms with E-state index >= 15 is 0 Å². The molecule has 2 nitrogen and oxygen atoms in total. The number of thioether (sulfide) groups is 2. The largest absolute Gasteiger partial charge is 0.242 e. The van der Waals surface area contributed by atoms with E-state index in [0.29, 0.717) is 0 Å². The van der Waals surface area contributed by atoms with Crippen molar-refractivity contribution in [2.75, 3.05) is 0 Å². The van der Waals surface area contributed by atoms with Crippen LogP contribution in [0.2, 0.25) is 0 Å². The summed E-state index contributed by atoms with van der Waals surface area (Å²) in [6, 6.07) is 50.0. The Morgan fingerprint density at radius 1 is 0.468 bits per heavy atom. The van der Waals surface area contributed by atoms with E-state index in [2.05, 4.69) is 121 Å². The average molecular weight is 653 g/mol. The lowest BCUT2D eigenvalue weighted by molar-refractivity contribution is 0.836. The third kappa shape index (κ3) is 4.54. The van der Waals surface area contributed by atoms with Gasteiger partial charge < -0.3 is 0 Å². The molecule has 3 aliphatic rings. The van der Waals surface area contributed by atoms with Crippen LogP contribution in [0, 0.1) is 23.7 Å². The number of thiophene rings is 1. The van der Waals surface area contributed by atoms with Crippen molar-refractivity contribution in [3.63, 3.8) is 0 Å². The van der Waals surface area contributed by atoms with Gasteiger partial charge in [-0.2, -0.15) is 0 Å². The van der Waals surface area contributed by atoms with Gasteiger partial charge in [-0.1, -0.05) is 162 Å². The minimum atomic E-state index is -0.868. The van der Waals surface area contributed by atoms with Crippen molar-refractivity contribution in [1.82, 2.24) is 0 Å². The Hall–Kier alpha value is -5.04. The first-order chi connectivity index (χ1) is 23.2. The maximum absolute atomic E-state index is 5.54. The lowest BCUT2D eigenvalue weighted by atomic mass is 9.81. The van der Waals surface area contributed by atoms with E-state index in [4.69, 9.17) is 9.98 Å². The Bertz CT molecular complexity index is 2510. The van der Waals surface area contributed by atoms with Gasteiger partial charge in [-0.3, -0.25) is 0 Å². The molecule has 0 saturated carbocycles. The highest BCUT2D eigenvalue weighted by atomic mass is 32.2. The summed E-state index contributed by atoms with van der Waals surface area (Å²) in [5, 5.41) is 4.19. The molecule has 0 saturated heterocycles. The van der Waals surface area contributed by atoms with E-state index in [1.807, 2.05) is 48.5 Å². The van der Waals surface area contributed by atoms with Gasteiger partial charge in [-0.25, -0.2) is 9.98 Å². The molecule has 5 heteroatoms. The van der Waals surface area contributed by atoms with Gasteiger partial charge in [0.15, 0.2) is 9.49 Å². The fraction of sp³-hybridized carbons (Fsp3) is 0.0476. The standard InChI is InChI=1S/C42H24N2S3/c1-5-15-29(16-6-1)25-27-41-37(43-39(46-41)31-19-9-3-10-20-31)35-33-23-13-14-24-34(33)45-36(35)38-42(41,28-26-30-17-7-2-8-18-30)47-40(44-38)32-21-11-4-12-22-32/h1-24H. The van der Waals surface area contributed by atoms with E-state index in [9.17, 15) is 0 Å². The van der Waals surface area contributed by atoms with Gasteiger partial charge in [-0.05, 0) is 30.3 Å². The molecule has 0 fully saturated rings. The maximum atomic E-state index is 5.54. The first-order valence-electron chi connectivity index (χ1n) is 15.3. The fourth-order valence-corrected chi connectivity index (χ4v) is 10.5. The Balaban J connectivity index is 1.44. The Kier molecular flexibility index (Phi) is 6.80. The zero-order valence-corrected chi connectivity index (χ0v) is 27.4. The summed E-state index contributed by atoms with van der Waals surface area (Å²) in [5.41, 5.74) is 5.97. The number of benzene rings is 5. The molecule has 0 radical (unpaired) electrons. The third-order valence-corrected chi connectivity index (χ3v) is 12.7. The molecule has 47 heavy (non-hydrogen) atoms. The van der Waals surface area contributed by atoms with Gasteiger partial charge in [0.1, 0.15) is 10.1 Å². The second kappa shape index (κ2) is 11.3. The molecule has 0 bridgehead atoms. The highest BCUT2D eigenvalue weighted by molar-refractivity contribution is 8.20. The van der Waals surface area contributed by atoms with Crippen LogP contribution in [0.25, 0.3) is 21.5 Å². The van der Waals surface area contributed by atoms with Crippen LogP contribution in [0.3, 0.4) is 0 Å². The first-order valence-corrected chi connectivity index (χ1v) is 17.8. The SMILES string of the molecule is C(#CC12SC(c3ccccc3)=NC1=c1sc3ccccc3c1=C1N=C(c3ccccc3)SC12C#Cc1ccccc1)c1ccccc1. The topological polar surface area (TPSA) is 24.7 Å². The molecule has 9 rings (SSSR count). The molecular formula is C42H24N2S3. The molecule has 3 heterocycles. The summed E-state index contributed by atoms with van der Waals surface area (Å²) in [4.78, 5) is 11.1. The molecule has 5 aromatic carbocycles. The Morgan fingerprint density at radius 3 is 1.47 bits per heavy atom. The summed E-state index contributed by atoms with van der Waals surface area (Å²) >= 11 is 5.23. The number of aliphatic imine (C=N–C) groups is 2. The van der Waals surface area contributed by atoms with E-state index in [0.717, 1.165) is 53.5 Å². The van der Waals surface area contributed by atoms with Gasteiger partial charge in [-0.15, -0.1) is 11.3 Å². The number of fused-ring (bicyclic) bond motifs is 6. The van der Waals surface area contributed by atoms with Crippen LogP contribution in [0.5, 0.6) is 0 Å². The van der Waals surface area contributed by atoms with E-state index in [-0.39, 0.29) is 0 Å². The lowest BCUT2D eigenvalue weighted by Gasteiger charge is -2.39. The van der Waals surface area contributed by atoms with Gasteiger partial charge >= 0.3 is 0 Å². The quantitative estimate of drug-likeness (QED) is 0.177. The summed E-state index contributed by atoms with van der Waals surface area (Å²) < 4.78 is 0.602. The Labute approximate surface area is 285 Å². The minimum Gasteiger partial charge on any atom is -0.242 e. The summed E-state index contributed by atoms with van der Waals surface area (Å²) in [6.07, 6.45) is 0. The fourth-order valence-electron chi connectivity index (χ4n) is 6.28. The predicted octanol–water partition coefficient (Wildman–Crippen LogP) is 8.10. The minimum absolute atomic E-state index is 0.857. The maximum Gasteiger partial charge on any atom is 0.158 e. The highest BCUT2D eigenvalue weighted by Crippen LogP contribution is 2.62. The Morgan fingerprint density at radius 2 is 0.915 bits per heavy atom. The molecule has 1 aliphatic carbocycles. The van der Waals surface area contributed by atoms with E-state index < -0.39 is 9.49 Å². The summed E-state index contributed by atoms with van der Waals surface area (Å²) in [6.45, 7) is 0. The van der Waals surface area contributed by atoms with Crippen LogP contribution in [-0.4, -0.2) is 19.6 Å². The van der Waals surface area contributed by atoms with Crippen molar-refractivity contribution in [3.05, 3.63) is 178 Å². The number of nitrogens with zero attached hydrogens (tertiary/aromatic N) is 2. The zero-order chi connectivity index (χ0) is 31.3. The predicted molar refractivity (Wildman–Crippen MR) is 201 cm³/mol.